The minimum atomic E-state index is -0.555. The summed E-state index contributed by atoms with van der Waals surface area (Å²) in [5.74, 6) is -0.798. The molecule has 0 fully saturated rings. The van der Waals surface area contributed by atoms with Crippen LogP contribution in [0.25, 0.3) is 0 Å². The van der Waals surface area contributed by atoms with Crippen molar-refractivity contribution in [3.8, 4) is 0 Å². The number of thioether (sulfide) groups is 1. The first-order chi connectivity index (χ1) is 13.7. The number of hydrogen-bond acceptors (Lipinski definition) is 4. The summed E-state index contributed by atoms with van der Waals surface area (Å²) in [6, 6.07) is 10.9. The van der Waals surface area contributed by atoms with E-state index in [0.29, 0.717) is 10.7 Å². The molecule has 0 saturated carbocycles. The fourth-order valence-electron chi connectivity index (χ4n) is 2.95. The molecule has 2 N–H and O–H groups in total. The molecule has 0 aliphatic carbocycles. The number of aryl methyl sites for hydroxylation is 1. The van der Waals surface area contributed by atoms with Crippen LogP contribution in [0.15, 0.2) is 41.3 Å². The molecule has 3 rings (SSSR count). The van der Waals surface area contributed by atoms with Crippen molar-refractivity contribution in [3.63, 3.8) is 0 Å². The average molecular weight is 432 g/mol. The minimum Gasteiger partial charge on any atom is -0.336 e. The van der Waals surface area contributed by atoms with Crippen molar-refractivity contribution in [2.24, 2.45) is 0 Å². The van der Waals surface area contributed by atoms with Crippen LogP contribution in [0.5, 0.6) is 0 Å². The maximum Gasteiger partial charge on any atom is 0.243 e. The molecule has 2 aromatic rings. The Labute approximate surface area is 179 Å². The number of nitrogens with zero attached hydrogens (tertiary/aromatic N) is 1. The maximum absolute atomic E-state index is 12.6. The third-order valence-electron chi connectivity index (χ3n) is 4.81. The summed E-state index contributed by atoms with van der Waals surface area (Å²) in [7, 11) is 1.56. The van der Waals surface area contributed by atoms with Crippen molar-refractivity contribution in [1.29, 1.82) is 0 Å². The van der Waals surface area contributed by atoms with Crippen LogP contribution in [0.4, 0.5) is 11.4 Å². The maximum atomic E-state index is 12.6. The Balaban J connectivity index is 1.57. The van der Waals surface area contributed by atoms with Crippen molar-refractivity contribution in [2.45, 2.75) is 30.4 Å². The number of hydrogen-bond donors (Lipinski definition) is 2. The summed E-state index contributed by atoms with van der Waals surface area (Å²) in [5, 5.41) is 5.60. The number of halogens is 1. The van der Waals surface area contributed by atoms with E-state index >= 15 is 0 Å². The molecule has 1 unspecified atom stereocenters. The average Bonchev–Trinajstić information content (AvgIpc) is 2.66. The molecule has 1 atom stereocenters. The van der Waals surface area contributed by atoms with Gasteiger partial charge in [-0.15, -0.1) is 11.8 Å². The zero-order valence-corrected chi connectivity index (χ0v) is 18.0. The van der Waals surface area contributed by atoms with E-state index in [9.17, 15) is 14.4 Å². The molecule has 0 saturated heterocycles. The van der Waals surface area contributed by atoms with E-state index in [1.807, 2.05) is 38.1 Å². The molecular weight excluding hydrogens is 410 g/mol. The Morgan fingerprint density at radius 1 is 1.24 bits per heavy atom. The first-order valence-electron chi connectivity index (χ1n) is 9.11. The first kappa shape index (κ1) is 21.2. The lowest BCUT2D eigenvalue weighted by atomic mass is 10.1. The minimum absolute atomic E-state index is 0.00577. The molecule has 0 radical (unpaired) electrons. The standard InChI is InChI=1S/C21H22ClN3O3S/c1-12-5-4-6-15(13(12)2)23-19(26)11-25(3)20(27)10-18-21(28)24-16-9-14(22)7-8-17(16)29-18/h4-9,18H,10-11H2,1-3H3,(H,23,26)(H,24,28). The Morgan fingerprint density at radius 2 is 2.00 bits per heavy atom. The van der Waals surface area contributed by atoms with Crippen LogP contribution in [0.2, 0.25) is 5.02 Å². The van der Waals surface area contributed by atoms with Crippen molar-refractivity contribution in [1.82, 2.24) is 4.90 Å². The third kappa shape index (κ3) is 5.10. The molecule has 3 amide bonds. The van der Waals surface area contributed by atoms with Gasteiger partial charge in [0.1, 0.15) is 0 Å². The number of likely N-dealkylation sites (N-methyl/N-ethyl adjacent to an activating group) is 1. The van der Waals surface area contributed by atoms with E-state index in [4.69, 9.17) is 11.6 Å². The van der Waals surface area contributed by atoms with Gasteiger partial charge in [-0.2, -0.15) is 0 Å². The van der Waals surface area contributed by atoms with Crippen LogP contribution in [0.3, 0.4) is 0 Å². The lowest BCUT2D eigenvalue weighted by Gasteiger charge is -2.25. The summed E-state index contributed by atoms with van der Waals surface area (Å²) in [6.07, 6.45) is 0.00577. The molecule has 8 heteroatoms. The van der Waals surface area contributed by atoms with E-state index in [-0.39, 0.29) is 30.7 Å². The zero-order valence-electron chi connectivity index (χ0n) is 16.4. The van der Waals surface area contributed by atoms with Gasteiger partial charge in [-0.3, -0.25) is 14.4 Å². The highest BCUT2D eigenvalue weighted by atomic mass is 35.5. The van der Waals surface area contributed by atoms with E-state index in [0.717, 1.165) is 21.7 Å². The van der Waals surface area contributed by atoms with Gasteiger partial charge in [-0.1, -0.05) is 23.7 Å². The molecule has 1 heterocycles. The molecule has 1 aliphatic heterocycles. The van der Waals surface area contributed by atoms with Crippen LogP contribution in [-0.2, 0) is 14.4 Å². The number of carbonyl (C=O) groups is 3. The number of anilines is 2. The second-order valence-corrected chi connectivity index (χ2v) is 8.67. The van der Waals surface area contributed by atoms with Gasteiger partial charge in [0, 0.05) is 29.1 Å². The summed E-state index contributed by atoms with van der Waals surface area (Å²) in [5.41, 5.74) is 3.45. The van der Waals surface area contributed by atoms with Gasteiger partial charge >= 0.3 is 0 Å². The second-order valence-electron chi connectivity index (χ2n) is 6.99. The van der Waals surface area contributed by atoms with Crippen molar-refractivity contribution < 1.29 is 14.4 Å². The predicted molar refractivity (Wildman–Crippen MR) is 117 cm³/mol. The topological polar surface area (TPSA) is 78.5 Å². The van der Waals surface area contributed by atoms with Gasteiger partial charge in [-0.05, 0) is 49.2 Å². The monoisotopic (exact) mass is 431 g/mol. The highest BCUT2D eigenvalue weighted by Gasteiger charge is 2.30. The van der Waals surface area contributed by atoms with E-state index in [1.54, 1.807) is 19.2 Å². The summed E-state index contributed by atoms with van der Waals surface area (Å²) < 4.78 is 0. The van der Waals surface area contributed by atoms with Gasteiger partial charge in [0.25, 0.3) is 0 Å². The summed E-state index contributed by atoms with van der Waals surface area (Å²) in [4.78, 5) is 39.4. The summed E-state index contributed by atoms with van der Waals surface area (Å²) in [6.45, 7) is 3.82. The smallest absolute Gasteiger partial charge is 0.243 e. The van der Waals surface area contributed by atoms with Gasteiger partial charge in [-0.25, -0.2) is 0 Å². The van der Waals surface area contributed by atoms with Crippen molar-refractivity contribution in [2.75, 3.05) is 24.2 Å². The quantitative estimate of drug-likeness (QED) is 0.753. The molecule has 29 heavy (non-hydrogen) atoms. The second kappa shape index (κ2) is 8.88. The normalized spacial score (nSPS) is 15.3. The molecule has 6 nitrogen and oxygen atoms in total. The SMILES string of the molecule is Cc1cccc(NC(=O)CN(C)C(=O)CC2Sc3ccc(Cl)cc3NC2=O)c1C. The molecular formula is C21H22ClN3O3S. The van der Waals surface area contributed by atoms with Gasteiger partial charge in [0.2, 0.25) is 17.7 Å². The van der Waals surface area contributed by atoms with Crippen LogP contribution in [0, 0.1) is 13.8 Å². The molecule has 0 bridgehead atoms. The fourth-order valence-corrected chi connectivity index (χ4v) is 4.21. The number of nitrogens with one attached hydrogen (secondary N) is 2. The van der Waals surface area contributed by atoms with Crippen molar-refractivity contribution in [3.05, 3.63) is 52.5 Å². The molecule has 0 spiro atoms. The highest BCUT2D eigenvalue weighted by Crippen LogP contribution is 2.38. The van der Waals surface area contributed by atoms with E-state index < -0.39 is 5.25 Å². The first-order valence-corrected chi connectivity index (χ1v) is 10.4. The Kier molecular flexibility index (Phi) is 6.49. The number of fused-ring (bicyclic) bond motifs is 1. The Hall–Kier alpha value is -2.51. The van der Waals surface area contributed by atoms with Crippen LogP contribution in [-0.4, -0.2) is 41.5 Å². The van der Waals surface area contributed by atoms with Gasteiger partial charge in [0.15, 0.2) is 0 Å². The van der Waals surface area contributed by atoms with Crippen LogP contribution < -0.4 is 10.6 Å². The molecule has 1 aliphatic rings. The van der Waals surface area contributed by atoms with E-state index in [1.165, 1.54) is 16.7 Å². The lowest BCUT2D eigenvalue weighted by Crippen LogP contribution is -2.39. The molecule has 0 aromatic heterocycles. The van der Waals surface area contributed by atoms with Gasteiger partial charge < -0.3 is 15.5 Å². The number of rotatable bonds is 5. The number of carbonyl (C=O) groups excluding carboxylic acids is 3. The number of amides is 3. The lowest BCUT2D eigenvalue weighted by molar-refractivity contribution is -0.134. The fraction of sp³-hybridized carbons (Fsp3) is 0.286. The van der Waals surface area contributed by atoms with Crippen LogP contribution in [0.1, 0.15) is 17.5 Å². The third-order valence-corrected chi connectivity index (χ3v) is 6.32. The predicted octanol–water partition coefficient (Wildman–Crippen LogP) is 3.86. The molecule has 2 aromatic carbocycles. The highest BCUT2D eigenvalue weighted by molar-refractivity contribution is 8.01. The van der Waals surface area contributed by atoms with Gasteiger partial charge in [0.05, 0.1) is 17.5 Å². The Morgan fingerprint density at radius 3 is 2.76 bits per heavy atom. The number of benzene rings is 2. The summed E-state index contributed by atoms with van der Waals surface area (Å²) >= 11 is 7.28. The molecule has 152 valence electrons. The van der Waals surface area contributed by atoms with E-state index in [2.05, 4.69) is 10.6 Å². The Bertz CT molecular complexity index is 980. The van der Waals surface area contributed by atoms with Crippen LogP contribution >= 0.6 is 23.4 Å². The van der Waals surface area contributed by atoms with Crippen molar-refractivity contribution >= 4 is 52.5 Å². The zero-order chi connectivity index (χ0) is 21.1. The largest absolute Gasteiger partial charge is 0.336 e.